The van der Waals surface area contributed by atoms with Gasteiger partial charge >= 0.3 is 0 Å². The maximum absolute atomic E-state index is 4.25. The molecule has 0 saturated heterocycles. The number of hydrogen-bond donors (Lipinski definition) is 2. The van der Waals surface area contributed by atoms with Gasteiger partial charge in [-0.2, -0.15) is 0 Å². The molecule has 1 aromatic heterocycles. The predicted octanol–water partition coefficient (Wildman–Crippen LogP) is 2.65. The van der Waals surface area contributed by atoms with Gasteiger partial charge in [-0.15, -0.1) is 0 Å². The first-order valence-corrected chi connectivity index (χ1v) is 6.21. The summed E-state index contributed by atoms with van der Waals surface area (Å²) in [5, 5.41) is 6.74. The molecule has 1 heterocycles. The van der Waals surface area contributed by atoms with Crippen molar-refractivity contribution in [2.75, 3.05) is 17.2 Å². The lowest BCUT2D eigenvalue weighted by atomic mass is 10.2. The van der Waals surface area contributed by atoms with Crippen molar-refractivity contribution in [2.45, 2.75) is 45.1 Å². The molecule has 0 unspecified atom stereocenters. The van der Waals surface area contributed by atoms with Gasteiger partial charge in [0.15, 0.2) is 0 Å². The number of rotatable bonds is 5. The van der Waals surface area contributed by atoms with Crippen LogP contribution in [0.25, 0.3) is 0 Å². The van der Waals surface area contributed by atoms with Gasteiger partial charge in [0, 0.05) is 18.7 Å². The van der Waals surface area contributed by atoms with Crippen LogP contribution >= 0.6 is 0 Å². The quantitative estimate of drug-likeness (QED) is 0.801. The summed E-state index contributed by atoms with van der Waals surface area (Å²) < 4.78 is 0. The molecule has 2 rings (SSSR count). The second kappa shape index (κ2) is 5.68. The average molecular weight is 220 g/mol. The number of nitrogens with one attached hydrogen (secondary N) is 2. The lowest BCUT2D eigenvalue weighted by molar-refractivity contribution is 0.750. The van der Waals surface area contributed by atoms with Gasteiger partial charge in [0.2, 0.25) is 0 Å². The monoisotopic (exact) mass is 220 g/mol. The Balaban J connectivity index is 1.92. The van der Waals surface area contributed by atoms with Gasteiger partial charge in [0.1, 0.15) is 18.0 Å². The van der Waals surface area contributed by atoms with Crippen LogP contribution in [0.1, 0.15) is 39.0 Å². The van der Waals surface area contributed by atoms with E-state index >= 15 is 0 Å². The van der Waals surface area contributed by atoms with Gasteiger partial charge in [0.05, 0.1) is 0 Å². The van der Waals surface area contributed by atoms with Crippen molar-refractivity contribution in [3.8, 4) is 0 Å². The zero-order valence-electron chi connectivity index (χ0n) is 9.87. The Morgan fingerprint density at radius 3 is 2.75 bits per heavy atom. The highest BCUT2D eigenvalue weighted by Gasteiger charge is 2.14. The van der Waals surface area contributed by atoms with Crippen LogP contribution in [-0.2, 0) is 0 Å². The van der Waals surface area contributed by atoms with E-state index in [1.54, 1.807) is 6.33 Å². The molecule has 0 spiro atoms. The van der Waals surface area contributed by atoms with Gasteiger partial charge in [-0.1, -0.05) is 19.8 Å². The second-order valence-electron chi connectivity index (χ2n) is 4.34. The summed E-state index contributed by atoms with van der Waals surface area (Å²) in [6.07, 6.45) is 7.93. The summed E-state index contributed by atoms with van der Waals surface area (Å²) in [5.41, 5.74) is 0. The van der Waals surface area contributed by atoms with Crippen LogP contribution in [0.3, 0.4) is 0 Å². The average Bonchev–Trinajstić information content (AvgIpc) is 2.80. The van der Waals surface area contributed by atoms with Crippen molar-refractivity contribution in [1.82, 2.24) is 9.97 Å². The first kappa shape index (κ1) is 11.2. The van der Waals surface area contributed by atoms with Crippen molar-refractivity contribution >= 4 is 11.6 Å². The minimum absolute atomic E-state index is 0.605. The van der Waals surface area contributed by atoms with Crippen LogP contribution < -0.4 is 10.6 Å². The molecule has 0 aliphatic heterocycles. The van der Waals surface area contributed by atoms with Gasteiger partial charge in [-0.3, -0.25) is 0 Å². The first-order valence-electron chi connectivity index (χ1n) is 6.21. The molecule has 0 amide bonds. The Morgan fingerprint density at radius 2 is 2.00 bits per heavy atom. The molecule has 1 fully saturated rings. The molecule has 1 saturated carbocycles. The summed E-state index contributed by atoms with van der Waals surface area (Å²) in [6, 6.07) is 2.60. The molecule has 1 aliphatic carbocycles. The fourth-order valence-corrected chi connectivity index (χ4v) is 2.07. The van der Waals surface area contributed by atoms with E-state index in [0.717, 1.165) is 24.6 Å². The van der Waals surface area contributed by atoms with E-state index in [4.69, 9.17) is 0 Å². The minimum Gasteiger partial charge on any atom is -0.370 e. The lowest BCUT2D eigenvalue weighted by Gasteiger charge is -2.13. The fourth-order valence-electron chi connectivity index (χ4n) is 2.07. The highest BCUT2D eigenvalue weighted by atomic mass is 15.1. The molecule has 1 aliphatic rings. The Morgan fingerprint density at radius 1 is 1.25 bits per heavy atom. The highest BCUT2D eigenvalue weighted by molar-refractivity contribution is 5.46. The lowest BCUT2D eigenvalue weighted by Crippen LogP contribution is -2.15. The first-order chi connectivity index (χ1) is 7.88. The maximum Gasteiger partial charge on any atom is 0.131 e. The van der Waals surface area contributed by atoms with E-state index in [0.29, 0.717) is 6.04 Å². The largest absolute Gasteiger partial charge is 0.370 e. The van der Waals surface area contributed by atoms with Crippen molar-refractivity contribution in [2.24, 2.45) is 0 Å². The summed E-state index contributed by atoms with van der Waals surface area (Å²) in [4.78, 5) is 8.44. The SMILES string of the molecule is CCCNc1cc(NC2CCCC2)ncn1. The Kier molecular flexibility index (Phi) is 3.97. The molecule has 4 nitrogen and oxygen atoms in total. The summed E-state index contributed by atoms with van der Waals surface area (Å²) >= 11 is 0. The number of anilines is 2. The number of nitrogens with zero attached hydrogens (tertiary/aromatic N) is 2. The molecular formula is C12H20N4. The minimum atomic E-state index is 0.605. The van der Waals surface area contributed by atoms with E-state index in [1.807, 2.05) is 6.07 Å². The van der Waals surface area contributed by atoms with Crippen LogP contribution in [0, 0.1) is 0 Å². The van der Waals surface area contributed by atoms with Crippen LogP contribution in [0.2, 0.25) is 0 Å². The van der Waals surface area contributed by atoms with Gasteiger partial charge < -0.3 is 10.6 Å². The van der Waals surface area contributed by atoms with Crippen molar-refractivity contribution < 1.29 is 0 Å². The Hall–Kier alpha value is -1.32. The molecular weight excluding hydrogens is 200 g/mol. The van der Waals surface area contributed by atoms with E-state index in [-0.39, 0.29) is 0 Å². The highest BCUT2D eigenvalue weighted by Crippen LogP contribution is 2.21. The van der Waals surface area contributed by atoms with Crippen LogP contribution in [0.15, 0.2) is 12.4 Å². The maximum atomic E-state index is 4.25. The van der Waals surface area contributed by atoms with Gasteiger partial charge in [-0.05, 0) is 19.3 Å². The summed E-state index contributed by atoms with van der Waals surface area (Å²) in [7, 11) is 0. The number of aromatic nitrogens is 2. The van der Waals surface area contributed by atoms with Crippen molar-refractivity contribution in [3.05, 3.63) is 12.4 Å². The molecule has 0 radical (unpaired) electrons. The normalized spacial score (nSPS) is 16.3. The molecule has 16 heavy (non-hydrogen) atoms. The van der Waals surface area contributed by atoms with Crippen molar-refractivity contribution in [3.63, 3.8) is 0 Å². The fraction of sp³-hybridized carbons (Fsp3) is 0.667. The van der Waals surface area contributed by atoms with E-state index in [2.05, 4.69) is 27.5 Å². The Labute approximate surface area is 96.9 Å². The molecule has 0 atom stereocenters. The van der Waals surface area contributed by atoms with Crippen LogP contribution in [0.5, 0.6) is 0 Å². The Bertz CT molecular complexity index is 321. The topological polar surface area (TPSA) is 49.8 Å². The summed E-state index contributed by atoms with van der Waals surface area (Å²) in [5.74, 6) is 1.86. The molecule has 2 N–H and O–H groups in total. The molecule has 0 bridgehead atoms. The zero-order valence-corrected chi connectivity index (χ0v) is 9.87. The van der Waals surface area contributed by atoms with Crippen molar-refractivity contribution in [1.29, 1.82) is 0 Å². The van der Waals surface area contributed by atoms with Crippen LogP contribution in [-0.4, -0.2) is 22.6 Å². The van der Waals surface area contributed by atoms with Crippen LogP contribution in [0.4, 0.5) is 11.6 Å². The summed E-state index contributed by atoms with van der Waals surface area (Å²) in [6.45, 7) is 3.10. The van der Waals surface area contributed by atoms with E-state index in [1.165, 1.54) is 25.7 Å². The number of hydrogen-bond acceptors (Lipinski definition) is 4. The van der Waals surface area contributed by atoms with E-state index < -0.39 is 0 Å². The standard InChI is InChI=1S/C12H20N4/c1-2-7-13-11-8-12(15-9-14-11)16-10-5-3-4-6-10/h8-10H,2-7H2,1H3,(H2,13,14,15,16). The zero-order chi connectivity index (χ0) is 11.2. The molecule has 4 heteroatoms. The molecule has 88 valence electrons. The van der Waals surface area contributed by atoms with E-state index in [9.17, 15) is 0 Å². The van der Waals surface area contributed by atoms with Gasteiger partial charge in [-0.25, -0.2) is 9.97 Å². The third-order valence-corrected chi connectivity index (χ3v) is 2.93. The smallest absolute Gasteiger partial charge is 0.131 e. The third kappa shape index (κ3) is 3.08. The molecule has 1 aromatic rings. The van der Waals surface area contributed by atoms with Gasteiger partial charge in [0.25, 0.3) is 0 Å². The second-order valence-corrected chi connectivity index (χ2v) is 4.34. The molecule has 0 aromatic carbocycles. The predicted molar refractivity (Wildman–Crippen MR) is 66.7 cm³/mol. The third-order valence-electron chi connectivity index (χ3n) is 2.93.